The van der Waals surface area contributed by atoms with E-state index in [1.165, 1.54) is 6.07 Å². The van der Waals surface area contributed by atoms with E-state index >= 15 is 0 Å². The van der Waals surface area contributed by atoms with Crippen LogP contribution in [-0.2, 0) is 6.42 Å². The standard InChI is InChI=1S/C16H14Cl2FN/c1-9-7-13(18)16(8-12(9)17)20-15-6-5-10-11(15)3-2-4-14(10)19/h2-4,7-8,15,20H,5-6H2,1H3. The fraction of sp³-hybridized carbons (Fsp3) is 0.250. The Hall–Kier alpha value is -1.25. The monoisotopic (exact) mass is 309 g/mol. The van der Waals surface area contributed by atoms with E-state index in [1.54, 1.807) is 6.07 Å². The molecule has 0 aliphatic heterocycles. The van der Waals surface area contributed by atoms with Crippen LogP contribution in [0.3, 0.4) is 0 Å². The van der Waals surface area contributed by atoms with Crippen molar-refractivity contribution < 1.29 is 4.39 Å². The van der Waals surface area contributed by atoms with E-state index in [4.69, 9.17) is 23.2 Å². The van der Waals surface area contributed by atoms with Gasteiger partial charge in [-0.05, 0) is 54.7 Å². The first-order valence-corrected chi connectivity index (χ1v) is 7.31. The van der Waals surface area contributed by atoms with E-state index < -0.39 is 0 Å². The maximum absolute atomic E-state index is 13.7. The van der Waals surface area contributed by atoms with Gasteiger partial charge in [-0.25, -0.2) is 4.39 Å². The van der Waals surface area contributed by atoms with Crippen LogP contribution >= 0.6 is 23.2 Å². The van der Waals surface area contributed by atoms with Gasteiger partial charge in [-0.1, -0.05) is 35.3 Å². The van der Waals surface area contributed by atoms with E-state index in [0.717, 1.165) is 35.2 Å². The lowest BCUT2D eigenvalue weighted by Gasteiger charge is -2.17. The largest absolute Gasteiger partial charge is 0.377 e. The molecule has 0 fully saturated rings. The van der Waals surface area contributed by atoms with Crippen LogP contribution in [0.15, 0.2) is 30.3 Å². The Morgan fingerprint density at radius 2 is 2.00 bits per heavy atom. The summed E-state index contributed by atoms with van der Waals surface area (Å²) in [6.07, 6.45) is 1.61. The molecule has 0 aromatic heterocycles. The predicted molar refractivity (Wildman–Crippen MR) is 82.3 cm³/mol. The van der Waals surface area contributed by atoms with Crippen LogP contribution in [0.5, 0.6) is 0 Å². The SMILES string of the molecule is Cc1cc(Cl)c(NC2CCc3c(F)cccc32)cc1Cl. The number of benzene rings is 2. The lowest BCUT2D eigenvalue weighted by atomic mass is 10.1. The van der Waals surface area contributed by atoms with Gasteiger partial charge in [0.05, 0.1) is 16.8 Å². The zero-order valence-electron chi connectivity index (χ0n) is 11.0. The predicted octanol–water partition coefficient (Wildman–Crippen LogP) is 5.54. The first kappa shape index (κ1) is 13.7. The highest BCUT2D eigenvalue weighted by molar-refractivity contribution is 6.35. The van der Waals surface area contributed by atoms with Gasteiger partial charge in [-0.3, -0.25) is 0 Å². The maximum Gasteiger partial charge on any atom is 0.126 e. The fourth-order valence-electron chi connectivity index (χ4n) is 2.70. The van der Waals surface area contributed by atoms with Crippen LogP contribution in [0.4, 0.5) is 10.1 Å². The van der Waals surface area contributed by atoms with Crippen LogP contribution in [0.25, 0.3) is 0 Å². The smallest absolute Gasteiger partial charge is 0.126 e. The zero-order chi connectivity index (χ0) is 14.3. The van der Waals surface area contributed by atoms with Gasteiger partial charge in [-0.2, -0.15) is 0 Å². The van der Waals surface area contributed by atoms with Crippen molar-refractivity contribution in [2.75, 3.05) is 5.32 Å². The molecule has 0 spiro atoms. The molecular weight excluding hydrogens is 296 g/mol. The summed E-state index contributed by atoms with van der Waals surface area (Å²) in [5, 5.41) is 4.69. The molecule has 1 atom stereocenters. The lowest BCUT2D eigenvalue weighted by Crippen LogP contribution is -2.07. The maximum atomic E-state index is 13.7. The number of fused-ring (bicyclic) bond motifs is 1. The average Bonchev–Trinajstić information content (AvgIpc) is 2.81. The van der Waals surface area contributed by atoms with Crippen molar-refractivity contribution in [3.8, 4) is 0 Å². The Labute approximate surface area is 127 Å². The molecule has 3 rings (SSSR count). The minimum Gasteiger partial charge on any atom is -0.377 e. The van der Waals surface area contributed by atoms with Crippen molar-refractivity contribution in [1.29, 1.82) is 0 Å². The van der Waals surface area contributed by atoms with Gasteiger partial charge in [0.1, 0.15) is 5.82 Å². The molecule has 1 N–H and O–H groups in total. The van der Waals surface area contributed by atoms with Crippen LogP contribution in [0.2, 0.25) is 10.0 Å². The number of hydrogen-bond donors (Lipinski definition) is 1. The first-order valence-electron chi connectivity index (χ1n) is 6.55. The van der Waals surface area contributed by atoms with E-state index in [0.29, 0.717) is 10.0 Å². The topological polar surface area (TPSA) is 12.0 Å². The summed E-state index contributed by atoms with van der Waals surface area (Å²) in [5.41, 5.74) is 3.56. The summed E-state index contributed by atoms with van der Waals surface area (Å²) in [7, 11) is 0. The molecule has 2 aromatic carbocycles. The minimum atomic E-state index is -0.125. The van der Waals surface area contributed by atoms with Gasteiger partial charge in [0, 0.05) is 5.02 Å². The van der Waals surface area contributed by atoms with Gasteiger partial charge in [0.15, 0.2) is 0 Å². The second-order valence-corrected chi connectivity index (χ2v) is 5.94. The Morgan fingerprint density at radius 1 is 1.20 bits per heavy atom. The highest BCUT2D eigenvalue weighted by atomic mass is 35.5. The van der Waals surface area contributed by atoms with Crippen LogP contribution < -0.4 is 5.32 Å². The van der Waals surface area contributed by atoms with Gasteiger partial charge in [0.2, 0.25) is 0 Å². The van der Waals surface area contributed by atoms with Gasteiger partial charge >= 0.3 is 0 Å². The van der Waals surface area contributed by atoms with E-state index in [1.807, 2.05) is 25.1 Å². The molecule has 0 bridgehead atoms. The Kier molecular flexibility index (Phi) is 3.61. The lowest BCUT2D eigenvalue weighted by molar-refractivity contribution is 0.612. The van der Waals surface area contributed by atoms with Crippen LogP contribution in [0.1, 0.15) is 29.2 Å². The van der Waals surface area contributed by atoms with Crippen LogP contribution in [-0.4, -0.2) is 0 Å². The molecule has 0 heterocycles. The molecule has 0 radical (unpaired) electrons. The van der Waals surface area contributed by atoms with E-state index in [2.05, 4.69) is 5.32 Å². The summed E-state index contributed by atoms with van der Waals surface area (Å²) in [5.74, 6) is -0.125. The van der Waals surface area contributed by atoms with Gasteiger partial charge in [0.25, 0.3) is 0 Å². The molecular formula is C16H14Cl2FN. The number of halogens is 3. The third-order valence-electron chi connectivity index (χ3n) is 3.79. The number of aryl methyl sites for hydroxylation is 1. The molecule has 0 saturated heterocycles. The minimum absolute atomic E-state index is 0.0805. The summed E-state index contributed by atoms with van der Waals surface area (Å²) in [6.45, 7) is 1.91. The molecule has 1 nitrogen and oxygen atoms in total. The number of hydrogen-bond acceptors (Lipinski definition) is 1. The van der Waals surface area contributed by atoms with Crippen molar-refractivity contribution in [3.63, 3.8) is 0 Å². The van der Waals surface area contributed by atoms with Crippen molar-refractivity contribution >= 4 is 28.9 Å². The quantitative estimate of drug-likeness (QED) is 0.768. The molecule has 4 heteroatoms. The molecule has 104 valence electrons. The Morgan fingerprint density at radius 3 is 2.80 bits per heavy atom. The molecule has 0 saturated carbocycles. The second kappa shape index (κ2) is 5.27. The van der Waals surface area contributed by atoms with Crippen LogP contribution in [0, 0.1) is 12.7 Å². The van der Waals surface area contributed by atoms with E-state index in [-0.39, 0.29) is 11.9 Å². The highest BCUT2D eigenvalue weighted by Gasteiger charge is 2.25. The molecule has 1 aliphatic rings. The third-order valence-corrected chi connectivity index (χ3v) is 4.51. The van der Waals surface area contributed by atoms with Crippen molar-refractivity contribution in [2.45, 2.75) is 25.8 Å². The number of rotatable bonds is 2. The highest BCUT2D eigenvalue weighted by Crippen LogP contribution is 2.38. The Balaban J connectivity index is 1.91. The van der Waals surface area contributed by atoms with Crippen molar-refractivity contribution in [1.82, 2.24) is 0 Å². The second-order valence-electron chi connectivity index (χ2n) is 5.12. The fourth-order valence-corrected chi connectivity index (χ4v) is 3.14. The number of anilines is 1. The molecule has 2 aromatic rings. The van der Waals surface area contributed by atoms with Gasteiger partial charge < -0.3 is 5.32 Å². The molecule has 1 aliphatic carbocycles. The van der Waals surface area contributed by atoms with E-state index in [9.17, 15) is 4.39 Å². The summed E-state index contributed by atoms with van der Waals surface area (Å²) in [6, 6.07) is 8.98. The molecule has 20 heavy (non-hydrogen) atoms. The first-order chi connectivity index (χ1) is 9.56. The van der Waals surface area contributed by atoms with Gasteiger partial charge in [-0.15, -0.1) is 0 Å². The van der Waals surface area contributed by atoms with Crippen molar-refractivity contribution in [2.24, 2.45) is 0 Å². The zero-order valence-corrected chi connectivity index (χ0v) is 12.5. The summed E-state index contributed by atoms with van der Waals surface area (Å²) >= 11 is 12.4. The average molecular weight is 310 g/mol. The normalized spacial score (nSPS) is 17.1. The molecule has 1 unspecified atom stereocenters. The number of nitrogens with one attached hydrogen (secondary N) is 1. The summed E-state index contributed by atoms with van der Waals surface area (Å²) < 4.78 is 13.7. The third kappa shape index (κ3) is 2.38. The van der Waals surface area contributed by atoms with Crippen molar-refractivity contribution in [3.05, 3.63) is 62.9 Å². The molecule has 0 amide bonds. The Bertz CT molecular complexity index is 670. The summed E-state index contributed by atoms with van der Waals surface area (Å²) in [4.78, 5) is 0.